The summed E-state index contributed by atoms with van der Waals surface area (Å²) < 4.78 is 18.0. The minimum absolute atomic E-state index is 0.154. The van der Waals surface area contributed by atoms with Crippen LogP contribution in [0, 0.1) is 0 Å². The van der Waals surface area contributed by atoms with E-state index in [2.05, 4.69) is 47.4 Å². The molecule has 1 atom stereocenters. The molecule has 0 N–H and O–H groups in total. The molecule has 3 aromatic carbocycles. The van der Waals surface area contributed by atoms with Gasteiger partial charge in [0, 0.05) is 26.2 Å². The lowest BCUT2D eigenvalue weighted by atomic mass is 9.88. The van der Waals surface area contributed by atoms with Gasteiger partial charge in [0.05, 0.1) is 19.7 Å². The highest BCUT2D eigenvalue weighted by atomic mass is 16.5. The average molecular weight is 445 g/mol. The SMILES string of the molecule is COc1ccc(C[C@@H]2c3cc4c(cc3CCN2Cc2ccccc2)oc(=O)n4C)cc1OC. The number of benzene rings is 3. The molecule has 0 saturated heterocycles. The summed E-state index contributed by atoms with van der Waals surface area (Å²) in [6.07, 6.45) is 1.73. The zero-order valence-corrected chi connectivity index (χ0v) is 19.2. The zero-order valence-electron chi connectivity index (χ0n) is 19.2. The van der Waals surface area contributed by atoms with Gasteiger partial charge in [-0.1, -0.05) is 36.4 Å². The van der Waals surface area contributed by atoms with Gasteiger partial charge in [-0.25, -0.2) is 4.79 Å². The Labute approximate surface area is 193 Å². The number of rotatable bonds is 6. The van der Waals surface area contributed by atoms with E-state index >= 15 is 0 Å². The Kier molecular flexibility index (Phi) is 5.68. The molecule has 4 aromatic rings. The summed E-state index contributed by atoms with van der Waals surface area (Å²) >= 11 is 0. The van der Waals surface area contributed by atoms with Gasteiger partial charge < -0.3 is 13.9 Å². The number of oxazole rings is 1. The number of hydrogen-bond donors (Lipinski definition) is 0. The molecular formula is C27H28N2O4. The van der Waals surface area contributed by atoms with Gasteiger partial charge in [-0.15, -0.1) is 0 Å². The van der Waals surface area contributed by atoms with Crippen molar-refractivity contribution in [2.75, 3.05) is 20.8 Å². The Bertz CT molecular complexity index is 1340. The fourth-order valence-electron chi connectivity index (χ4n) is 4.85. The van der Waals surface area contributed by atoms with Crippen LogP contribution in [-0.2, 0) is 26.4 Å². The van der Waals surface area contributed by atoms with Gasteiger partial charge >= 0.3 is 5.76 Å². The molecule has 33 heavy (non-hydrogen) atoms. The monoisotopic (exact) mass is 444 g/mol. The van der Waals surface area contributed by atoms with Crippen molar-refractivity contribution in [3.05, 3.63) is 93.5 Å². The smallest absolute Gasteiger partial charge is 0.419 e. The molecule has 5 rings (SSSR count). The highest BCUT2D eigenvalue weighted by Gasteiger charge is 2.29. The highest BCUT2D eigenvalue weighted by Crippen LogP contribution is 2.37. The largest absolute Gasteiger partial charge is 0.493 e. The first-order valence-corrected chi connectivity index (χ1v) is 11.2. The van der Waals surface area contributed by atoms with Crippen LogP contribution in [0.25, 0.3) is 11.1 Å². The van der Waals surface area contributed by atoms with Crippen molar-refractivity contribution in [1.29, 1.82) is 0 Å². The fraction of sp³-hybridized carbons (Fsp3) is 0.296. The molecule has 0 unspecified atom stereocenters. The van der Waals surface area contributed by atoms with E-state index in [1.165, 1.54) is 22.3 Å². The van der Waals surface area contributed by atoms with Crippen molar-refractivity contribution >= 4 is 11.1 Å². The molecule has 0 fully saturated rings. The van der Waals surface area contributed by atoms with Crippen molar-refractivity contribution < 1.29 is 13.9 Å². The Hall–Kier alpha value is -3.51. The van der Waals surface area contributed by atoms with Gasteiger partial charge in [0.25, 0.3) is 0 Å². The maximum Gasteiger partial charge on any atom is 0.419 e. The molecule has 0 aliphatic carbocycles. The van der Waals surface area contributed by atoms with Crippen LogP contribution in [0.2, 0.25) is 0 Å². The Morgan fingerprint density at radius 2 is 1.76 bits per heavy atom. The van der Waals surface area contributed by atoms with Crippen molar-refractivity contribution in [1.82, 2.24) is 9.47 Å². The van der Waals surface area contributed by atoms with Crippen LogP contribution in [0.15, 0.2) is 69.9 Å². The molecule has 2 heterocycles. The zero-order chi connectivity index (χ0) is 22.9. The van der Waals surface area contributed by atoms with E-state index in [9.17, 15) is 4.79 Å². The van der Waals surface area contributed by atoms with E-state index in [4.69, 9.17) is 13.9 Å². The van der Waals surface area contributed by atoms with Crippen LogP contribution in [0.5, 0.6) is 11.5 Å². The van der Waals surface area contributed by atoms with E-state index in [1.54, 1.807) is 25.8 Å². The van der Waals surface area contributed by atoms with Crippen LogP contribution in [-0.4, -0.2) is 30.2 Å². The number of ether oxygens (including phenoxy) is 2. The van der Waals surface area contributed by atoms with E-state index in [-0.39, 0.29) is 11.8 Å². The van der Waals surface area contributed by atoms with Gasteiger partial charge in [-0.05, 0) is 59.4 Å². The highest BCUT2D eigenvalue weighted by molar-refractivity contribution is 5.75. The lowest BCUT2D eigenvalue weighted by molar-refractivity contribution is 0.175. The van der Waals surface area contributed by atoms with Gasteiger partial charge in [-0.2, -0.15) is 0 Å². The molecule has 6 nitrogen and oxygen atoms in total. The van der Waals surface area contributed by atoms with E-state index in [0.29, 0.717) is 5.58 Å². The molecule has 170 valence electrons. The Morgan fingerprint density at radius 3 is 2.52 bits per heavy atom. The van der Waals surface area contributed by atoms with E-state index in [0.717, 1.165) is 42.9 Å². The third kappa shape index (κ3) is 4.02. The summed E-state index contributed by atoms with van der Waals surface area (Å²) in [6.45, 7) is 1.79. The van der Waals surface area contributed by atoms with Crippen LogP contribution in [0.1, 0.15) is 28.3 Å². The summed E-state index contributed by atoms with van der Waals surface area (Å²) in [5.74, 6) is 1.12. The second kappa shape index (κ2) is 8.79. The number of aromatic nitrogens is 1. The van der Waals surface area contributed by atoms with Crippen LogP contribution < -0.4 is 15.2 Å². The third-order valence-corrected chi connectivity index (χ3v) is 6.63. The maximum absolute atomic E-state index is 12.1. The minimum atomic E-state index is -0.329. The summed E-state index contributed by atoms with van der Waals surface area (Å²) in [6, 6.07) is 21.0. The summed E-state index contributed by atoms with van der Waals surface area (Å²) in [7, 11) is 5.07. The number of nitrogens with zero attached hydrogens (tertiary/aromatic N) is 2. The second-order valence-corrected chi connectivity index (χ2v) is 8.56. The average Bonchev–Trinajstić information content (AvgIpc) is 3.12. The maximum atomic E-state index is 12.1. The first-order valence-electron chi connectivity index (χ1n) is 11.2. The first kappa shape index (κ1) is 21.3. The van der Waals surface area contributed by atoms with Crippen molar-refractivity contribution in [2.45, 2.75) is 25.4 Å². The molecule has 0 bridgehead atoms. The number of fused-ring (bicyclic) bond motifs is 2. The third-order valence-electron chi connectivity index (χ3n) is 6.63. The van der Waals surface area contributed by atoms with Gasteiger partial charge in [0.2, 0.25) is 0 Å². The molecule has 0 amide bonds. The quantitative estimate of drug-likeness (QED) is 0.439. The number of methoxy groups -OCH3 is 2. The minimum Gasteiger partial charge on any atom is -0.493 e. The normalized spacial score (nSPS) is 16.0. The molecule has 0 saturated carbocycles. The Morgan fingerprint density at radius 1 is 0.970 bits per heavy atom. The van der Waals surface area contributed by atoms with E-state index < -0.39 is 0 Å². The molecule has 1 aliphatic rings. The van der Waals surface area contributed by atoms with Gasteiger partial charge in [0.1, 0.15) is 0 Å². The van der Waals surface area contributed by atoms with Crippen molar-refractivity contribution in [3.63, 3.8) is 0 Å². The van der Waals surface area contributed by atoms with Crippen molar-refractivity contribution in [2.24, 2.45) is 7.05 Å². The molecule has 1 aromatic heterocycles. The summed E-state index contributed by atoms with van der Waals surface area (Å²) in [4.78, 5) is 14.6. The lowest BCUT2D eigenvalue weighted by Crippen LogP contribution is -2.36. The van der Waals surface area contributed by atoms with Crippen molar-refractivity contribution in [3.8, 4) is 11.5 Å². The fourth-order valence-corrected chi connectivity index (χ4v) is 4.85. The van der Waals surface area contributed by atoms with Crippen LogP contribution in [0.3, 0.4) is 0 Å². The standard InChI is InChI=1S/C27H28N2O4/c1-28-23-16-21-20(15-25(23)33-27(28)30)11-12-29(17-18-7-5-4-6-8-18)22(21)13-19-9-10-24(31-2)26(14-19)32-3/h4-10,14-16,22H,11-13,17H2,1-3H3/t22-/m1/s1. The van der Waals surface area contributed by atoms with Crippen LogP contribution >= 0.6 is 0 Å². The molecule has 0 spiro atoms. The molecule has 1 aliphatic heterocycles. The molecule has 0 radical (unpaired) electrons. The predicted molar refractivity (Wildman–Crippen MR) is 128 cm³/mol. The number of hydrogen-bond acceptors (Lipinski definition) is 5. The van der Waals surface area contributed by atoms with E-state index in [1.807, 2.05) is 18.2 Å². The van der Waals surface area contributed by atoms with Crippen LogP contribution in [0.4, 0.5) is 0 Å². The summed E-state index contributed by atoms with van der Waals surface area (Å²) in [5.41, 5.74) is 6.43. The van der Waals surface area contributed by atoms with Gasteiger partial charge in [-0.3, -0.25) is 9.47 Å². The molecule has 6 heteroatoms. The topological polar surface area (TPSA) is 56.8 Å². The molecular weight excluding hydrogens is 416 g/mol. The predicted octanol–water partition coefficient (Wildman–Crippen LogP) is 4.49. The lowest BCUT2D eigenvalue weighted by Gasteiger charge is -2.38. The summed E-state index contributed by atoms with van der Waals surface area (Å²) in [5, 5.41) is 0. The second-order valence-electron chi connectivity index (χ2n) is 8.56. The first-order chi connectivity index (χ1) is 16.1. The number of aryl methyl sites for hydroxylation is 1. The Balaban J connectivity index is 1.58. The van der Waals surface area contributed by atoms with Gasteiger partial charge in [0.15, 0.2) is 17.1 Å².